The predicted octanol–water partition coefficient (Wildman–Crippen LogP) is 23.5. The number of carbonyl (C=O) groups is 1. The van der Waals surface area contributed by atoms with E-state index in [9.17, 15) is 19.4 Å². The van der Waals surface area contributed by atoms with Crippen molar-refractivity contribution in [2.24, 2.45) is 0 Å². The first kappa shape index (κ1) is 86.1. The van der Waals surface area contributed by atoms with Crippen molar-refractivity contribution < 1.29 is 32.9 Å². The average Bonchev–Trinajstić information content (AvgIpc) is 3.72. The Hall–Kier alpha value is -3.88. The normalized spacial score (nSPS) is 14.5. The molecular formula is C81H139N2O6P. The Bertz CT molecular complexity index is 2030. The van der Waals surface area contributed by atoms with Crippen molar-refractivity contribution >= 4 is 13.7 Å². The molecule has 8 nitrogen and oxygen atoms in total. The second-order valence-corrected chi connectivity index (χ2v) is 27.0. The number of aliphatic hydroxyl groups is 1. The molecule has 1 amide bonds. The standard InChI is InChI=1S/C81H139N2O6P/c1-6-8-10-12-14-16-18-20-22-24-26-28-30-32-34-36-37-38-39-40-41-42-43-44-45-47-49-51-53-55-57-59-61-63-65-67-69-71-73-75-81(85)82-79(78-89-90(86,87)88-77-76-83(3,4)5)80(84)74-72-70-68-66-64-62-60-58-56-54-52-50-48-46-35-33-31-29-27-25-23-21-19-17-15-13-11-9-7-2/h8,10,14,16,20,22,26,28,32,34,37-38,40-41,43-44,47,49,53,55,59,61,64,66,72,74,79-80,84H,6-7,9,11-13,15,17-19,21,23-25,27,29-31,33,35-36,39,42,45-46,48,50-52,54,56-58,60,62-63,65,67-71,73,75-78H2,1-5H3,(H-,82,85,86,87)/b10-8-,16-14-,22-20-,28-26-,34-32-,38-37-,41-40-,44-43-,49-47-,55-53-,61-59-,66-64+,74-72+. The van der Waals surface area contributed by atoms with E-state index < -0.39 is 26.6 Å². The molecule has 9 heteroatoms. The van der Waals surface area contributed by atoms with Gasteiger partial charge in [0.2, 0.25) is 5.91 Å². The third kappa shape index (κ3) is 71.6. The summed E-state index contributed by atoms with van der Waals surface area (Å²) in [5, 5.41) is 13.9. The van der Waals surface area contributed by atoms with Crippen LogP contribution in [0.5, 0.6) is 0 Å². The van der Waals surface area contributed by atoms with Gasteiger partial charge in [0.05, 0.1) is 39.9 Å². The minimum atomic E-state index is -4.63. The van der Waals surface area contributed by atoms with E-state index in [-0.39, 0.29) is 12.5 Å². The van der Waals surface area contributed by atoms with Gasteiger partial charge in [-0.1, -0.05) is 332 Å². The molecule has 0 aliphatic carbocycles. The molecule has 0 rings (SSSR count). The zero-order valence-corrected chi connectivity index (χ0v) is 59.7. The third-order valence-corrected chi connectivity index (χ3v) is 16.7. The summed E-state index contributed by atoms with van der Waals surface area (Å²) in [6, 6.07) is -0.928. The number of allylic oxidation sites excluding steroid dienone is 25. The number of nitrogens with one attached hydrogen (secondary N) is 1. The van der Waals surface area contributed by atoms with Crippen LogP contribution in [0.1, 0.15) is 296 Å². The van der Waals surface area contributed by atoms with Crippen molar-refractivity contribution in [3.05, 3.63) is 158 Å². The summed E-state index contributed by atoms with van der Waals surface area (Å²) in [7, 11) is 1.21. The van der Waals surface area contributed by atoms with Gasteiger partial charge >= 0.3 is 0 Å². The summed E-state index contributed by atoms with van der Waals surface area (Å²) >= 11 is 0. The average molecular weight is 1270 g/mol. The van der Waals surface area contributed by atoms with Gasteiger partial charge in [0.25, 0.3) is 7.82 Å². The number of quaternary nitrogens is 1. The second-order valence-electron chi connectivity index (χ2n) is 25.6. The predicted molar refractivity (Wildman–Crippen MR) is 394 cm³/mol. The summed E-state index contributed by atoms with van der Waals surface area (Å²) in [6.45, 7) is 4.51. The minimum Gasteiger partial charge on any atom is -0.756 e. The van der Waals surface area contributed by atoms with Crippen molar-refractivity contribution in [1.82, 2.24) is 5.32 Å². The quantitative estimate of drug-likeness (QED) is 0.0272. The van der Waals surface area contributed by atoms with Gasteiger partial charge in [0, 0.05) is 6.42 Å². The fourth-order valence-corrected chi connectivity index (χ4v) is 10.8. The van der Waals surface area contributed by atoms with Crippen LogP contribution in [-0.2, 0) is 18.4 Å². The van der Waals surface area contributed by atoms with Gasteiger partial charge < -0.3 is 28.8 Å². The van der Waals surface area contributed by atoms with Crippen LogP contribution in [0.25, 0.3) is 0 Å². The number of rotatable bonds is 66. The lowest BCUT2D eigenvalue weighted by Gasteiger charge is -2.29. The van der Waals surface area contributed by atoms with E-state index in [1.165, 1.54) is 148 Å². The summed E-state index contributed by atoms with van der Waals surface area (Å²) in [5.74, 6) is -0.230. The zero-order valence-electron chi connectivity index (χ0n) is 58.8. The van der Waals surface area contributed by atoms with E-state index in [0.29, 0.717) is 17.4 Å². The van der Waals surface area contributed by atoms with Crippen LogP contribution in [0.4, 0.5) is 0 Å². The number of likely N-dealkylation sites (N-methyl/N-ethyl adjacent to an activating group) is 1. The largest absolute Gasteiger partial charge is 0.756 e. The molecule has 3 unspecified atom stereocenters. The SMILES string of the molecule is CC/C=C\C/C=C\C/C=C\C/C=C\C/C=C\C/C=C\C/C=C\C/C=C\C/C=C\C/C=C\C/C=C\CCCCCCCC(=O)NC(COP(=O)([O-])OCC[N+](C)(C)C)C(O)/C=C/CC/C=C/CCCCCCCCCCCCCCCCCCCCCCCCC. The van der Waals surface area contributed by atoms with Crippen LogP contribution in [0.15, 0.2) is 158 Å². The summed E-state index contributed by atoms with van der Waals surface area (Å²) < 4.78 is 23.4. The molecule has 0 saturated carbocycles. The number of carbonyl (C=O) groups excluding carboxylic acids is 1. The van der Waals surface area contributed by atoms with Crippen molar-refractivity contribution in [3.8, 4) is 0 Å². The maximum atomic E-state index is 13.0. The van der Waals surface area contributed by atoms with Gasteiger partial charge in [0.1, 0.15) is 13.2 Å². The lowest BCUT2D eigenvalue weighted by atomic mass is 10.0. The molecule has 0 aromatic heterocycles. The van der Waals surface area contributed by atoms with E-state index in [1.807, 2.05) is 27.2 Å². The summed E-state index contributed by atoms with van der Waals surface area (Å²) in [4.78, 5) is 25.6. The number of phosphoric ester groups is 1. The molecule has 514 valence electrons. The molecule has 0 bridgehead atoms. The lowest BCUT2D eigenvalue weighted by molar-refractivity contribution is -0.870. The number of aliphatic hydroxyl groups excluding tert-OH is 1. The van der Waals surface area contributed by atoms with E-state index in [4.69, 9.17) is 9.05 Å². The van der Waals surface area contributed by atoms with Crippen LogP contribution >= 0.6 is 7.82 Å². The maximum absolute atomic E-state index is 13.0. The molecule has 90 heavy (non-hydrogen) atoms. The van der Waals surface area contributed by atoms with Gasteiger partial charge in [-0.05, 0) is 116 Å². The highest BCUT2D eigenvalue weighted by Gasteiger charge is 2.23. The number of hydrogen-bond acceptors (Lipinski definition) is 6. The molecular weight excluding hydrogens is 1130 g/mol. The summed E-state index contributed by atoms with van der Waals surface area (Å²) in [6.07, 6.45) is 108. The highest BCUT2D eigenvalue weighted by atomic mass is 31.2. The fourth-order valence-electron chi connectivity index (χ4n) is 10.1. The highest BCUT2D eigenvalue weighted by Crippen LogP contribution is 2.38. The number of phosphoric acid groups is 1. The molecule has 0 aromatic rings. The van der Waals surface area contributed by atoms with E-state index >= 15 is 0 Å². The number of amides is 1. The molecule has 0 heterocycles. The Morgan fingerprint density at radius 2 is 0.689 bits per heavy atom. The number of hydrogen-bond donors (Lipinski definition) is 2. The molecule has 0 spiro atoms. The van der Waals surface area contributed by atoms with Crippen molar-refractivity contribution in [2.75, 3.05) is 40.9 Å². The maximum Gasteiger partial charge on any atom is 0.268 e. The Kier molecular flexibility index (Phi) is 66.5. The zero-order chi connectivity index (χ0) is 65.5. The molecule has 0 saturated heterocycles. The Morgan fingerprint density at radius 3 is 1.03 bits per heavy atom. The van der Waals surface area contributed by atoms with Gasteiger partial charge in [-0.3, -0.25) is 9.36 Å². The van der Waals surface area contributed by atoms with E-state index in [2.05, 4.69) is 165 Å². The summed E-state index contributed by atoms with van der Waals surface area (Å²) in [5.41, 5.74) is 0. The van der Waals surface area contributed by atoms with E-state index in [1.54, 1.807) is 6.08 Å². The highest BCUT2D eigenvalue weighted by molar-refractivity contribution is 7.45. The van der Waals surface area contributed by atoms with Crippen LogP contribution in [0.2, 0.25) is 0 Å². The van der Waals surface area contributed by atoms with Crippen LogP contribution in [-0.4, -0.2) is 68.5 Å². The van der Waals surface area contributed by atoms with Crippen LogP contribution in [0, 0.1) is 0 Å². The van der Waals surface area contributed by atoms with Crippen molar-refractivity contribution in [1.29, 1.82) is 0 Å². The molecule has 0 aliphatic rings. The van der Waals surface area contributed by atoms with Crippen LogP contribution < -0.4 is 10.2 Å². The third-order valence-electron chi connectivity index (χ3n) is 15.7. The molecule has 3 atom stereocenters. The van der Waals surface area contributed by atoms with Gasteiger partial charge in [0.15, 0.2) is 0 Å². The topological polar surface area (TPSA) is 108 Å². The first-order valence-electron chi connectivity index (χ1n) is 36.8. The molecule has 0 aliphatic heterocycles. The molecule has 0 radical (unpaired) electrons. The smallest absolute Gasteiger partial charge is 0.268 e. The fraction of sp³-hybridized carbons (Fsp3) is 0.667. The van der Waals surface area contributed by atoms with Gasteiger partial charge in [-0.2, -0.15) is 0 Å². The molecule has 2 N–H and O–H groups in total. The number of unbranched alkanes of at least 4 members (excludes halogenated alkanes) is 29. The number of nitrogens with zero attached hydrogens (tertiary/aromatic N) is 1. The minimum absolute atomic E-state index is 0.0185. The van der Waals surface area contributed by atoms with Crippen molar-refractivity contribution in [3.63, 3.8) is 0 Å². The van der Waals surface area contributed by atoms with Gasteiger partial charge in [-0.15, -0.1) is 0 Å². The second kappa shape index (κ2) is 69.5. The first-order valence-corrected chi connectivity index (χ1v) is 38.3. The van der Waals surface area contributed by atoms with Crippen LogP contribution in [0.3, 0.4) is 0 Å². The Balaban J connectivity index is 4.20. The lowest BCUT2D eigenvalue weighted by Crippen LogP contribution is -2.45. The molecule has 0 aromatic carbocycles. The Labute approximate surface area is 556 Å². The Morgan fingerprint density at radius 1 is 0.400 bits per heavy atom. The van der Waals surface area contributed by atoms with Gasteiger partial charge in [-0.25, -0.2) is 0 Å². The molecule has 0 fully saturated rings. The monoisotopic (exact) mass is 1270 g/mol. The first-order chi connectivity index (χ1) is 44.0. The van der Waals surface area contributed by atoms with E-state index in [0.717, 1.165) is 128 Å². The van der Waals surface area contributed by atoms with Crippen molar-refractivity contribution in [2.45, 2.75) is 309 Å².